The highest BCUT2D eigenvalue weighted by atomic mass is 16.6. The van der Waals surface area contributed by atoms with Gasteiger partial charge in [-0.05, 0) is 39.3 Å². The number of ether oxygens (including phenoxy) is 2. The first-order chi connectivity index (χ1) is 8.78. The molecule has 0 aliphatic carbocycles. The van der Waals surface area contributed by atoms with E-state index >= 15 is 0 Å². The quantitative estimate of drug-likeness (QED) is 0.721. The van der Waals surface area contributed by atoms with Gasteiger partial charge in [0.15, 0.2) is 0 Å². The topological polar surface area (TPSA) is 77.3 Å². The van der Waals surface area contributed by atoms with E-state index in [1.807, 2.05) is 6.07 Å². The van der Waals surface area contributed by atoms with Gasteiger partial charge in [0, 0.05) is 0 Å². The third-order valence-corrected chi connectivity index (χ3v) is 1.90. The van der Waals surface area contributed by atoms with Crippen molar-refractivity contribution in [3.8, 4) is 5.75 Å². The van der Waals surface area contributed by atoms with Gasteiger partial charge in [-0.15, -0.1) is 0 Å². The Bertz CT molecular complexity index is 504. The Morgan fingerprint density at radius 1 is 1.05 bits per heavy atom. The summed E-state index contributed by atoms with van der Waals surface area (Å²) < 4.78 is 9.77. The van der Waals surface area contributed by atoms with Crippen molar-refractivity contribution >= 4 is 12.2 Å². The van der Waals surface area contributed by atoms with Crippen LogP contribution in [0.2, 0.25) is 0 Å². The highest BCUT2D eigenvalue weighted by molar-refractivity contribution is 5.75. The number of rotatable bonds is 1. The van der Waals surface area contributed by atoms with E-state index in [1.165, 1.54) is 0 Å². The van der Waals surface area contributed by atoms with Crippen LogP contribution in [0, 0.1) is 6.92 Å². The number of para-hydroxylation sites is 1. The van der Waals surface area contributed by atoms with Gasteiger partial charge in [0.05, 0.1) is 0 Å². The van der Waals surface area contributed by atoms with Crippen LogP contribution in [-0.2, 0) is 4.74 Å². The normalized spacial score (nSPS) is 11.4. The second-order valence-electron chi connectivity index (χ2n) is 4.81. The van der Waals surface area contributed by atoms with Gasteiger partial charge in [-0.1, -0.05) is 28.4 Å². The zero-order chi connectivity index (χ0) is 14.5. The first-order valence-corrected chi connectivity index (χ1v) is 5.70. The number of hydrogen-bond donors (Lipinski definition) is 0. The third kappa shape index (κ3) is 5.76. The Balaban J connectivity index is 2.57. The van der Waals surface area contributed by atoms with Gasteiger partial charge in [0.25, 0.3) is 0 Å². The van der Waals surface area contributed by atoms with Crippen molar-refractivity contribution in [1.82, 2.24) is 0 Å². The second-order valence-corrected chi connectivity index (χ2v) is 4.81. The summed E-state index contributed by atoms with van der Waals surface area (Å²) in [4.78, 5) is 22.5. The van der Waals surface area contributed by atoms with Gasteiger partial charge in [-0.2, -0.15) is 0 Å². The first kappa shape index (κ1) is 14.8. The Labute approximate surface area is 111 Å². The molecule has 2 amide bonds. The first-order valence-electron chi connectivity index (χ1n) is 5.70. The van der Waals surface area contributed by atoms with Gasteiger partial charge in [-0.25, -0.2) is 9.59 Å². The maximum Gasteiger partial charge on any atom is 0.458 e. The van der Waals surface area contributed by atoms with Crippen molar-refractivity contribution in [2.24, 2.45) is 10.2 Å². The Morgan fingerprint density at radius 3 is 2.21 bits per heavy atom. The highest BCUT2D eigenvalue weighted by Gasteiger charge is 2.16. The molecule has 0 fully saturated rings. The molecule has 1 rings (SSSR count). The molecule has 0 N–H and O–H groups in total. The van der Waals surface area contributed by atoms with Crippen LogP contribution in [0.5, 0.6) is 5.75 Å². The van der Waals surface area contributed by atoms with Crippen LogP contribution in [0.15, 0.2) is 34.5 Å². The fourth-order valence-electron chi connectivity index (χ4n) is 1.15. The lowest BCUT2D eigenvalue weighted by Gasteiger charge is -2.16. The zero-order valence-electron chi connectivity index (χ0n) is 11.3. The summed E-state index contributed by atoms with van der Waals surface area (Å²) in [6.45, 7) is 6.85. The minimum Gasteiger partial charge on any atom is -0.441 e. The molecular formula is C13H16N2O4. The molecular weight excluding hydrogens is 248 g/mol. The van der Waals surface area contributed by atoms with Crippen LogP contribution in [0.1, 0.15) is 26.3 Å². The largest absolute Gasteiger partial charge is 0.458 e. The molecule has 1 aromatic carbocycles. The van der Waals surface area contributed by atoms with Crippen molar-refractivity contribution in [3.63, 3.8) is 0 Å². The summed E-state index contributed by atoms with van der Waals surface area (Å²) in [5.41, 5.74) is 0.0964. The number of aryl methyl sites for hydroxylation is 1. The van der Waals surface area contributed by atoms with E-state index in [2.05, 4.69) is 10.2 Å². The van der Waals surface area contributed by atoms with Gasteiger partial charge in [0.2, 0.25) is 0 Å². The van der Waals surface area contributed by atoms with Crippen molar-refractivity contribution in [2.75, 3.05) is 0 Å². The fraction of sp³-hybridized carbons (Fsp3) is 0.385. The van der Waals surface area contributed by atoms with Crippen molar-refractivity contribution < 1.29 is 19.1 Å². The second kappa shape index (κ2) is 6.08. The molecule has 6 nitrogen and oxygen atoms in total. The summed E-state index contributed by atoms with van der Waals surface area (Å²) in [5, 5.41) is 6.26. The average molecular weight is 264 g/mol. The van der Waals surface area contributed by atoms with E-state index in [0.29, 0.717) is 5.75 Å². The lowest BCUT2D eigenvalue weighted by molar-refractivity contribution is 0.0589. The predicted molar refractivity (Wildman–Crippen MR) is 68.3 cm³/mol. The molecule has 0 saturated carbocycles. The summed E-state index contributed by atoms with van der Waals surface area (Å²) >= 11 is 0. The number of hydrogen-bond acceptors (Lipinski definition) is 4. The molecule has 102 valence electrons. The molecule has 0 aliphatic heterocycles. The molecule has 0 saturated heterocycles. The number of azo groups is 1. The maximum atomic E-state index is 11.3. The summed E-state index contributed by atoms with van der Waals surface area (Å²) in [7, 11) is 0. The number of carbonyl (C=O) groups is 2. The van der Waals surface area contributed by atoms with Crippen LogP contribution in [0.3, 0.4) is 0 Å². The molecule has 0 bridgehead atoms. The van der Waals surface area contributed by atoms with Crippen LogP contribution in [0.4, 0.5) is 9.59 Å². The molecule has 0 unspecified atom stereocenters. The minimum atomic E-state index is -0.972. The number of carbonyl (C=O) groups excluding carboxylic acids is 2. The van der Waals surface area contributed by atoms with Crippen LogP contribution < -0.4 is 4.74 Å². The molecule has 0 radical (unpaired) electrons. The lowest BCUT2D eigenvalue weighted by atomic mass is 10.2. The van der Waals surface area contributed by atoms with Crippen molar-refractivity contribution in [1.29, 1.82) is 0 Å². The van der Waals surface area contributed by atoms with E-state index in [-0.39, 0.29) is 0 Å². The summed E-state index contributed by atoms with van der Waals surface area (Å²) in [6, 6.07) is 6.94. The van der Waals surface area contributed by atoms with Crippen molar-refractivity contribution in [2.45, 2.75) is 33.3 Å². The smallest absolute Gasteiger partial charge is 0.441 e. The molecule has 6 heteroatoms. The monoisotopic (exact) mass is 264 g/mol. The van der Waals surface area contributed by atoms with Gasteiger partial charge in [0.1, 0.15) is 11.4 Å². The molecule has 0 spiro atoms. The van der Waals surface area contributed by atoms with Gasteiger partial charge in [-0.3, -0.25) is 0 Å². The van der Waals surface area contributed by atoms with E-state index < -0.39 is 17.8 Å². The number of nitrogens with zero attached hydrogens (tertiary/aromatic N) is 2. The standard InChI is InChI=1S/C13H16N2O4/c1-9-7-5-6-8-10(9)18-11(16)14-15-12(17)19-13(2,3)4/h5-8H,1-4H3/b15-14+. The minimum absolute atomic E-state index is 0.371. The lowest BCUT2D eigenvalue weighted by Crippen LogP contribution is -2.21. The van der Waals surface area contributed by atoms with Crippen LogP contribution in [-0.4, -0.2) is 17.8 Å². The SMILES string of the molecule is Cc1ccccc1OC(=O)/N=N/C(=O)OC(C)(C)C. The maximum absolute atomic E-state index is 11.3. The molecule has 0 atom stereocenters. The predicted octanol–water partition coefficient (Wildman–Crippen LogP) is 3.88. The molecule has 0 heterocycles. The van der Waals surface area contributed by atoms with Crippen LogP contribution in [0.25, 0.3) is 0 Å². The van der Waals surface area contributed by atoms with E-state index in [9.17, 15) is 9.59 Å². The summed E-state index contributed by atoms with van der Waals surface area (Å²) in [6.07, 6.45) is -1.91. The zero-order valence-corrected chi connectivity index (χ0v) is 11.3. The highest BCUT2D eigenvalue weighted by Crippen LogP contribution is 2.16. The molecule has 0 aliphatic rings. The van der Waals surface area contributed by atoms with E-state index in [0.717, 1.165) is 5.56 Å². The fourth-order valence-corrected chi connectivity index (χ4v) is 1.15. The van der Waals surface area contributed by atoms with Crippen LogP contribution >= 0.6 is 0 Å². The molecule has 19 heavy (non-hydrogen) atoms. The summed E-state index contributed by atoms with van der Waals surface area (Å²) in [5.74, 6) is 0.371. The van der Waals surface area contributed by atoms with Gasteiger partial charge >= 0.3 is 12.2 Å². The van der Waals surface area contributed by atoms with Gasteiger partial charge < -0.3 is 9.47 Å². The molecule has 0 aromatic heterocycles. The Hall–Kier alpha value is -2.24. The van der Waals surface area contributed by atoms with E-state index in [4.69, 9.17) is 9.47 Å². The number of amides is 2. The average Bonchev–Trinajstić information content (AvgIpc) is 2.27. The Kier molecular flexibility index (Phi) is 4.74. The number of benzene rings is 1. The van der Waals surface area contributed by atoms with Crippen molar-refractivity contribution in [3.05, 3.63) is 29.8 Å². The molecule has 1 aromatic rings. The Morgan fingerprint density at radius 2 is 1.63 bits per heavy atom. The third-order valence-electron chi connectivity index (χ3n) is 1.90. The van der Waals surface area contributed by atoms with E-state index in [1.54, 1.807) is 45.9 Å².